The second-order valence-electron chi connectivity index (χ2n) is 6.84. The van der Waals surface area contributed by atoms with E-state index in [4.69, 9.17) is 4.74 Å². The lowest BCUT2D eigenvalue weighted by atomic mass is 10.1. The third kappa shape index (κ3) is 4.87. The van der Waals surface area contributed by atoms with Crippen LogP contribution in [-0.2, 0) is 20.7 Å². The summed E-state index contributed by atoms with van der Waals surface area (Å²) in [4.78, 5) is 29.6. The highest BCUT2D eigenvalue weighted by Gasteiger charge is 2.24. The molecule has 0 saturated heterocycles. The Kier molecular flexibility index (Phi) is 7.25. The number of aryl methyl sites for hydroxylation is 1. The van der Waals surface area contributed by atoms with Crippen LogP contribution in [0.5, 0.6) is 0 Å². The van der Waals surface area contributed by atoms with E-state index in [9.17, 15) is 9.59 Å². The molecule has 1 aromatic heterocycles. The van der Waals surface area contributed by atoms with Gasteiger partial charge in [-0.15, -0.1) is 0 Å². The Morgan fingerprint density at radius 3 is 2.42 bits per heavy atom. The number of ether oxygens (including phenoxy) is 1. The molecule has 2 rings (SSSR count). The van der Waals surface area contributed by atoms with Crippen molar-refractivity contribution in [3.63, 3.8) is 0 Å². The van der Waals surface area contributed by atoms with Gasteiger partial charge in [-0.1, -0.05) is 32.0 Å². The maximum absolute atomic E-state index is 12.5. The SMILES string of the molecule is CC[C@@H](C)N(C(=O)COC(=O)CCc1c[nH]c2ccccc12)[C@H](C)CC. The molecule has 0 aliphatic rings. The van der Waals surface area contributed by atoms with E-state index in [2.05, 4.69) is 18.8 Å². The number of nitrogens with one attached hydrogen (secondary N) is 1. The Hall–Kier alpha value is -2.30. The van der Waals surface area contributed by atoms with Gasteiger partial charge in [0.2, 0.25) is 0 Å². The minimum atomic E-state index is -0.336. The standard InChI is InChI=1S/C21H30N2O3/c1-5-15(3)23(16(4)6-2)20(24)14-26-21(25)12-11-17-13-22-19-10-8-7-9-18(17)19/h7-10,13,15-16,22H,5-6,11-12,14H2,1-4H3/t15-,16-/m1/s1. The number of nitrogens with zero attached hydrogens (tertiary/aromatic N) is 1. The minimum absolute atomic E-state index is 0.117. The van der Waals surface area contributed by atoms with Gasteiger partial charge in [0, 0.05) is 35.6 Å². The molecular weight excluding hydrogens is 328 g/mol. The predicted octanol–water partition coefficient (Wildman–Crippen LogP) is 4.07. The Morgan fingerprint density at radius 2 is 1.77 bits per heavy atom. The van der Waals surface area contributed by atoms with Gasteiger partial charge in [-0.3, -0.25) is 9.59 Å². The van der Waals surface area contributed by atoms with Crippen LogP contribution in [0.15, 0.2) is 30.5 Å². The molecule has 0 aliphatic heterocycles. The second kappa shape index (κ2) is 9.41. The summed E-state index contributed by atoms with van der Waals surface area (Å²) in [5.41, 5.74) is 2.15. The molecule has 5 heteroatoms. The quantitative estimate of drug-likeness (QED) is 0.687. The van der Waals surface area contributed by atoms with E-state index in [0.717, 1.165) is 29.3 Å². The van der Waals surface area contributed by atoms with Crippen molar-refractivity contribution in [1.29, 1.82) is 0 Å². The molecule has 0 fully saturated rings. The molecule has 2 atom stereocenters. The maximum atomic E-state index is 12.5. The molecule has 0 spiro atoms. The number of aromatic nitrogens is 1. The number of para-hydroxylation sites is 1. The van der Waals surface area contributed by atoms with Gasteiger partial charge in [-0.05, 0) is 44.7 Å². The molecule has 1 amide bonds. The zero-order valence-corrected chi connectivity index (χ0v) is 16.2. The number of esters is 1. The van der Waals surface area contributed by atoms with Crippen molar-refractivity contribution in [2.24, 2.45) is 0 Å². The molecule has 0 unspecified atom stereocenters. The highest BCUT2D eigenvalue weighted by Crippen LogP contribution is 2.19. The van der Waals surface area contributed by atoms with E-state index in [-0.39, 0.29) is 37.0 Å². The van der Waals surface area contributed by atoms with Crippen LogP contribution in [0.25, 0.3) is 10.9 Å². The molecule has 1 N–H and O–H groups in total. The van der Waals surface area contributed by atoms with Crippen LogP contribution in [0.2, 0.25) is 0 Å². The summed E-state index contributed by atoms with van der Waals surface area (Å²) < 4.78 is 5.24. The van der Waals surface area contributed by atoms with Gasteiger partial charge in [-0.25, -0.2) is 0 Å². The average Bonchev–Trinajstić information content (AvgIpc) is 3.07. The fourth-order valence-corrected chi connectivity index (χ4v) is 3.18. The highest BCUT2D eigenvalue weighted by molar-refractivity contribution is 5.84. The van der Waals surface area contributed by atoms with Crippen molar-refractivity contribution in [3.8, 4) is 0 Å². The number of fused-ring (bicyclic) bond motifs is 1. The van der Waals surface area contributed by atoms with E-state index in [1.165, 1.54) is 0 Å². The Balaban J connectivity index is 1.86. The zero-order chi connectivity index (χ0) is 19.1. The van der Waals surface area contributed by atoms with Gasteiger partial charge in [0.15, 0.2) is 6.61 Å². The number of benzene rings is 1. The smallest absolute Gasteiger partial charge is 0.306 e. The first-order valence-electron chi connectivity index (χ1n) is 9.49. The zero-order valence-electron chi connectivity index (χ0n) is 16.2. The minimum Gasteiger partial charge on any atom is -0.456 e. The Labute approximate surface area is 155 Å². The number of H-pyrrole nitrogens is 1. The van der Waals surface area contributed by atoms with Crippen LogP contribution in [0.1, 0.15) is 52.5 Å². The monoisotopic (exact) mass is 358 g/mol. The Bertz CT molecular complexity index is 728. The molecule has 1 heterocycles. The largest absolute Gasteiger partial charge is 0.456 e. The van der Waals surface area contributed by atoms with Crippen molar-refractivity contribution >= 4 is 22.8 Å². The maximum Gasteiger partial charge on any atom is 0.306 e. The average molecular weight is 358 g/mol. The van der Waals surface area contributed by atoms with Crippen LogP contribution in [0.4, 0.5) is 0 Å². The van der Waals surface area contributed by atoms with E-state index < -0.39 is 0 Å². The summed E-state index contributed by atoms with van der Waals surface area (Å²) in [6, 6.07) is 8.28. The highest BCUT2D eigenvalue weighted by atomic mass is 16.5. The molecule has 0 aliphatic carbocycles. The fraction of sp³-hybridized carbons (Fsp3) is 0.524. The molecule has 5 nitrogen and oxygen atoms in total. The summed E-state index contributed by atoms with van der Waals surface area (Å²) in [5, 5.41) is 1.12. The normalized spacial score (nSPS) is 13.4. The first-order chi connectivity index (χ1) is 12.5. The Morgan fingerprint density at radius 1 is 1.12 bits per heavy atom. The summed E-state index contributed by atoms with van der Waals surface area (Å²) in [6.45, 7) is 7.99. The lowest BCUT2D eigenvalue weighted by Crippen LogP contribution is -2.46. The molecule has 1 aromatic carbocycles. The molecular formula is C21H30N2O3. The van der Waals surface area contributed by atoms with E-state index in [1.54, 1.807) is 0 Å². The number of carbonyl (C=O) groups excluding carboxylic acids is 2. The van der Waals surface area contributed by atoms with Gasteiger partial charge in [0.1, 0.15) is 0 Å². The lowest BCUT2D eigenvalue weighted by Gasteiger charge is -2.33. The first-order valence-corrected chi connectivity index (χ1v) is 9.49. The van der Waals surface area contributed by atoms with E-state index >= 15 is 0 Å². The molecule has 142 valence electrons. The summed E-state index contributed by atoms with van der Waals surface area (Å²) in [6.07, 6.45) is 4.55. The molecule has 2 aromatic rings. The topological polar surface area (TPSA) is 62.4 Å². The molecule has 26 heavy (non-hydrogen) atoms. The van der Waals surface area contributed by atoms with Crippen molar-refractivity contribution in [1.82, 2.24) is 9.88 Å². The number of aromatic amines is 1. The fourth-order valence-electron chi connectivity index (χ4n) is 3.18. The van der Waals surface area contributed by atoms with E-state index in [0.29, 0.717) is 6.42 Å². The van der Waals surface area contributed by atoms with Gasteiger partial charge >= 0.3 is 5.97 Å². The summed E-state index contributed by atoms with van der Waals surface area (Å²) >= 11 is 0. The molecule has 0 bridgehead atoms. The van der Waals surface area contributed by atoms with Crippen LogP contribution in [-0.4, -0.2) is 40.5 Å². The van der Waals surface area contributed by atoms with Crippen molar-refractivity contribution in [2.45, 2.75) is 65.5 Å². The second-order valence-corrected chi connectivity index (χ2v) is 6.84. The number of hydrogen-bond acceptors (Lipinski definition) is 3. The van der Waals surface area contributed by atoms with Crippen LogP contribution in [0, 0.1) is 0 Å². The molecule has 0 radical (unpaired) electrons. The first kappa shape index (κ1) is 20.0. The molecule has 0 saturated carbocycles. The third-order valence-corrected chi connectivity index (χ3v) is 5.05. The summed E-state index contributed by atoms with van der Waals surface area (Å²) in [7, 11) is 0. The van der Waals surface area contributed by atoms with Gasteiger partial charge < -0.3 is 14.6 Å². The number of carbonyl (C=O) groups is 2. The van der Waals surface area contributed by atoms with Gasteiger partial charge in [-0.2, -0.15) is 0 Å². The number of amides is 1. The number of hydrogen-bond donors (Lipinski definition) is 1. The number of rotatable bonds is 9. The van der Waals surface area contributed by atoms with Crippen molar-refractivity contribution in [3.05, 3.63) is 36.0 Å². The van der Waals surface area contributed by atoms with Crippen LogP contribution >= 0.6 is 0 Å². The van der Waals surface area contributed by atoms with Gasteiger partial charge in [0.05, 0.1) is 0 Å². The van der Waals surface area contributed by atoms with E-state index in [1.807, 2.05) is 49.2 Å². The van der Waals surface area contributed by atoms with Gasteiger partial charge in [0.25, 0.3) is 5.91 Å². The summed E-state index contributed by atoms with van der Waals surface area (Å²) in [5.74, 6) is -0.453. The third-order valence-electron chi connectivity index (χ3n) is 5.05. The van der Waals surface area contributed by atoms with Crippen molar-refractivity contribution < 1.29 is 14.3 Å². The van der Waals surface area contributed by atoms with Crippen LogP contribution < -0.4 is 0 Å². The lowest BCUT2D eigenvalue weighted by molar-refractivity contribution is -0.154. The van der Waals surface area contributed by atoms with Crippen LogP contribution in [0.3, 0.4) is 0 Å². The predicted molar refractivity (Wildman–Crippen MR) is 104 cm³/mol. The van der Waals surface area contributed by atoms with Crippen molar-refractivity contribution in [2.75, 3.05) is 6.61 Å².